The summed E-state index contributed by atoms with van der Waals surface area (Å²) >= 11 is 38.2. The van der Waals surface area contributed by atoms with Crippen molar-refractivity contribution in [2.45, 2.75) is 14.1 Å². The number of halogens is 6. The number of nitrogens with zero attached hydrogens (tertiary/aromatic N) is 2. The number of nitro groups is 1. The van der Waals surface area contributed by atoms with E-state index in [2.05, 4.69) is 0 Å². The number of non-ortho nitro benzene ring substituents is 1. The van der Waals surface area contributed by atoms with E-state index < -0.39 is 67.6 Å². The van der Waals surface area contributed by atoms with Gasteiger partial charge in [0.15, 0.2) is 16.7 Å². The summed E-state index contributed by atoms with van der Waals surface area (Å²) in [5, 5.41) is 10.2. The van der Waals surface area contributed by atoms with Gasteiger partial charge in [0.1, 0.15) is 16.3 Å². The maximum Gasteiger partial charge on any atom is 0.326 e. The lowest BCUT2D eigenvalue weighted by Gasteiger charge is -2.34. The number of carbonyl (C=O) groups excluding carboxylic acids is 4. The van der Waals surface area contributed by atoms with E-state index in [0.717, 1.165) is 12.1 Å². The van der Waals surface area contributed by atoms with Crippen LogP contribution in [0.1, 0.15) is 10.4 Å². The standard InChI is InChI=1S/C19H10Cl6N2O7/c20-13-14(21)18(23)12-11(17(13,22)19(18,24)25)15(30)26(16(12)31)5-10(29)34-6-9(28)7-1-3-8(4-2-7)27(32)33/h1-4,11-12H,5-6H2/t11-,12-,17+,18+/m1/s1. The van der Waals surface area contributed by atoms with Gasteiger partial charge in [0.2, 0.25) is 11.8 Å². The molecule has 15 heteroatoms. The molecule has 0 aromatic heterocycles. The van der Waals surface area contributed by atoms with Gasteiger partial charge in [-0.3, -0.25) is 34.2 Å². The lowest BCUT2D eigenvalue weighted by molar-refractivity contribution is -0.384. The number of likely N-dealkylation sites (tertiary alicyclic amines) is 1. The number of nitro benzene ring substituents is 1. The average molecular weight is 591 g/mol. The maximum atomic E-state index is 13.0. The average Bonchev–Trinajstić information content (AvgIpc) is 3.16. The van der Waals surface area contributed by atoms with Crippen LogP contribution in [-0.2, 0) is 19.1 Å². The third kappa shape index (κ3) is 3.14. The number of Topliss-reactive ketones (excluding diaryl/α,β-unsaturated/α-hetero) is 1. The van der Waals surface area contributed by atoms with Crippen LogP contribution in [-0.4, -0.2) is 60.6 Å². The Kier molecular flexibility index (Phi) is 6.15. The molecule has 0 N–H and O–H groups in total. The SMILES string of the molecule is O=C(CN1C(=O)[C@H]2[C@H](C1=O)[C@]1(Cl)C(Cl)=C(Cl)[C@]2(Cl)C1(Cl)Cl)OCC(=O)c1ccc([N+](=O)[O-])cc1. The van der Waals surface area contributed by atoms with Crippen molar-refractivity contribution in [1.82, 2.24) is 4.90 Å². The predicted octanol–water partition coefficient (Wildman–Crippen LogP) is 3.77. The van der Waals surface area contributed by atoms with Crippen LogP contribution in [0.2, 0.25) is 0 Å². The molecule has 0 unspecified atom stereocenters. The van der Waals surface area contributed by atoms with Gasteiger partial charge in [-0.2, -0.15) is 0 Å². The van der Waals surface area contributed by atoms with E-state index in [1.807, 2.05) is 0 Å². The molecule has 1 saturated carbocycles. The van der Waals surface area contributed by atoms with E-state index >= 15 is 0 Å². The van der Waals surface area contributed by atoms with Gasteiger partial charge >= 0.3 is 5.97 Å². The Labute approximate surface area is 220 Å². The molecule has 0 radical (unpaired) electrons. The second-order valence-electron chi connectivity index (χ2n) is 7.73. The van der Waals surface area contributed by atoms with Crippen molar-refractivity contribution >= 4 is 98.9 Å². The number of benzene rings is 1. The summed E-state index contributed by atoms with van der Waals surface area (Å²) in [6.45, 7) is -1.57. The summed E-state index contributed by atoms with van der Waals surface area (Å²) in [5.74, 6) is -6.33. The third-order valence-electron chi connectivity index (χ3n) is 6.05. The predicted molar refractivity (Wildman–Crippen MR) is 122 cm³/mol. The first-order valence-electron chi connectivity index (χ1n) is 9.31. The minimum Gasteiger partial charge on any atom is -0.456 e. The molecule has 0 spiro atoms. The highest BCUT2D eigenvalue weighted by Gasteiger charge is 2.87. The second-order valence-corrected chi connectivity index (χ2v) is 11.0. The van der Waals surface area contributed by atoms with E-state index in [4.69, 9.17) is 74.3 Å². The molecule has 1 aromatic rings. The van der Waals surface area contributed by atoms with Crippen LogP contribution in [0, 0.1) is 22.0 Å². The normalized spacial score (nSPS) is 31.2. The molecule has 1 heterocycles. The zero-order valence-electron chi connectivity index (χ0n) is 16.4. The number of amides is 2. The molecule has 2 bridgehead atoms. The summed E-state index contributed by atoms with van der Waals surface area (Å²) in [6.07, 6.45) is 0. The number of ketones is 1. The number of rotatable bonds is 6. The van der Waals surface area contributed by atoms with Crippen LogP contribution >= 0.6 is 69.6 Å². The quantitative estimate of drug-likeness (QED) is 0.123. The number of ether oxygens (including phenoxy) is 1. The van der Waals surface area contributed by atoms with Gasteiger partial charge in [0.05, 0.1) is 26.8 Å². The number of carbonyl (C=O) groups is 4. The number of imide groups is 1. The minimum atomic E-state index is -2.10. The third-order valence-corrected chi connectivity index (χ3v) is 10.3. The van der Waals surface area contributed by atoms with Crippen molar-refractivity contribution in [1.29, 1.82) is 0 Å². The van der Waals surface area contributed by atoms with Gasteiger partial charge < -0.3 is 4.74 Å². The topological polar surface area (TPSA) is 124 Å². The highest BCUT2D eigenvalue weighted by Crippen LogP contribution is 2.77. The van der Waals surface area contributed by atoms with Gasteiger partial charge in [0.25, 0.3) is 5.69 Å². The van der Waals surface area contributed by atoms with Gasteiger partial charge in [-0.25, -0.2) is 0 Å². The van der Waals surface area contributed by atoms with Crippen molar-refractivity contribution in [3.05, 3.63) is 50.0 Å². The molecule has 2 amide bonds. The highest BCUT2D eigenvalue weighted by molar-refractivity contribution is 6.66. The molecule has 4 atom stereocenters. The molecule has 2 fully saturated rings. The van der Waals surface area contributed by atoms with E-state index in [0.29, 0.717) is 4.90 Å². The number of fused-ring (bicyclic) bond motifs is 5. The Bertz CT molecular complexity index is 1160. The van der Waals surface area contributed by atoms with Crippen LogP contribution < -0.4 is 0 Å². The molecule has 2 aliphatic carbocycles. The largest absolute Gasteiger partial charge is 0.456 e. The molecule has 1 aliphatic heterocycles. The van der Waals surface area contributed by atoms with E-state index in [9.17, 15) is 29.3 Å². The van der Waals surface area contributed by atoms with Gasteiger partial charge in [0, 0.05) is 17.7 Å². The van der Waals surface area contributed by atoms with E-state index in [1.54, 1.807) is 0 Å². The van der Waals surface area contributed by atoms with Gasteiger partial charge in [-0.05, 0) is 12.1 Å². The zero-order valence-corrected chi connectivity index (χ0v) is 20.9. The fourth-order valence-electron chi connectivity index (χ4n) is 4.38. The van der Waals surface area contributed by atoms with Crippen LogP contribution in [0.4, 0.5) is 5.69 Å². The Morgan fingerprint density at radius 1 is 0.971 bits per heavy atom. The second kappa shape index (κ2) is 8.21. The Morgan fingerprint density at radius 3 is 1.88 bits per heavy atom. The summed E-state index contributed by atoms with van der Waals surface area (Å²) in [4.78, 5) is 57.2. The van der Waals surface area contributed by atoms with Crippen LogP contribution in [0.15, 0.2) is 34.3 Å². The van der Waals surface area contributed by atoms with Crippen molar-refractivity contribution in [2.75, 3.05) is 13.2 Å². The molecule has 4 rings (SSSR count). The molecule has 1 aromatic carbocycles. The minimum absolute atomic E-state index is 0.0573. The van der Waals surface area contributed by atoms with Crippen LogP contribution in [0.3, 0.4) is 0 Å². The number of hydrogen-bond acceptors (Lipinski definition) is 7. The number of alkyl halides is 4. The lowest BCUT2D eigenvalue weighted by atomic mass is 9.84. The smallest absolute Gasteiger partial charge is 0.326 e. The first-order chi connectivity index (χ1) is 15.7. The molecule has 9 nitrogen and oxygen atoms in total. The molecule has 1 saturated heterocycles. The van der Waals surface area contributed by atoms with E-state index in [-0.39, 0.29) is 21.3 Å². The summed E-state index contributed by atoms with van der Waals surface area (Å²) < 4.78 is 2.77. The fourth-order valence-corrected chi connectivity index (χ4v) is 7.31. The Morgan fingerprint density at radius 2 is 1.44 bits per heavy atom. The van der Waals surface area contributed by atoms with Gasteiger partial charge in [-0.15, -0.1) is 23.2 Å². The van der Waals surface area contributed by atoms with Crippen molar-refractivity contribution in [3.63, 3.8) is 0 Å². The van der Waals surface area contributed by atoms with Crippen molar-refractivity contribution in [2.24, 2.45) is 11.8 Å². The lowest BCUT2D eigenvalue weighted by Crippen LogP contribution is -2.50. The van der Waals surface area contributed by atoms with Crippen LogP contribution in [0.25, 0.3) is 0 Å². The maximum absolute atomic E-state index is 13.0. The molecule has 34 heavy (non-hydrogen) atoms. The first-order valence-corrected chi connectivity index (χ1v) is 11.6. The summed E-state index contributed by atoms with van der Waals surface area (Å²) in [6, 6.07) is 4.63. The summed E-state index contributed by atoms with van der Waals surface area (Å²) in [7, 11) is 0. The number of allylic oxidation sites excluding steroid dienone is 2. The fraction of sp³-hybridized carbons (Fsp3) is 0.368. The Hall–Kier alpha value is -1.62. The molecule has 3 aliphatic rings. The number of hydrogen-bond donors (Lipinski definition) is 0. The first kappa shape index (κ1) is 25.5. The van der Waals surface area contributed by atoms with Crippen molar-refractivity contribution in [3.8, 4) is 0 Å². The van der Waals surface area contributed by atoms with Crippen molar-refractivity contribution < 1.29 is 28.8 Å². The molecular formula is C19H10Cl6N2O7. The monoisotopic (exact) mass is 588 g/mol. The summed E-state index contributed by atoms with van der Waals surface area (Å²) in [5.41, 5.74) is -0.164. The van der Waals surface area contributed by atoms with Gasteiger partial charge in [-0.1, -0.05) is 46.4 Å². The Balaban J connectivity index is 1.46. The highest BCUT2D eigenvalue weighted by atomic mass is 35.5. The number of esters is 1. The van der Waals surface area contributed by atoms with E-state index in [1.165, 1.54) is 12.1 Å². The van der Waals surface area contributed by atoms with Crippen LogP contribution in [0.5, 0.6) is 0 Å². The molecular weight excluding hydrogens is 581 g/mol. The zero-order chi connectivity index (χ0) is 25.4. The molecule has 180 valence electrons.